The summed E-state index contributed by atoms with van der Waals surface area (Å²) in [6.07, 6.45) is 11.1. The van der Waals surface area contributed by atoms with Crippen LogP contribution in [0.25, 0.3) is 51.3 Å². The molecule has 0 N–H and O–H groups in total. The summed E-state index contributed by atoms with van der Waals surface area (Å²) in [5, 5.41) is 2.54. The van der Waals surface area contributed by atoms with Gasteiger partial charge in [-0.15, -0.1) is 0 Å². The van der Waals surface area contributed by atoms with E-state index in [9.17, 15) is 0 Å². The first-order valence-corrected chi connectivity index (χ1v) is 21.0. The molecule has 9 aromatic carbocycles. The maximum atomic E-state index is 2.35. The Morgan fingerprint density at radius 1 is 0.383 bits per heavy atom. The van der Waals surface area contributed by atoms with Crippen molar-refractivity contribution >= 4 is 69.2 Å². The summed E-state index contributed by atoms with van der Waals surface area (Å²) >= 11 is 0. The van der Waals surface area contributed by atoms with Crippen LogP contribution in [0.2, 0.25) is 0 Å². The highest BCUT2D eigenvalue weighted by Crippen LogP contribution is 2.37. The molecule has 0 atom stereocenters. The summed E-state index contributed by atoms with van der Waals surface area (Å²) in [6.45, 7) is 0.158. The fraction of sp³-hybridized carbons (Fsp3) is 0.0345. The van der Waals surface area contributed by atoms with E-state index in [-0.39, 0.29) is 6.71 Å². The number of allylic oxidation sites excluding steroid dienone is 1. The summed E-state index contributed by atoms with van der Waals surface area (Å²) in [5.41, 5.74) is 17.3. The molecule has 0 bridgehead atoms. The fourth-order valence-electron chi connectivity index (χ4n) is 8.62. The smallest absolute Gasteiger partial charge is 0.241 e. The number of rotatable bonds is 10. The maximum absolute atomic E-state index is 2.35. The van der Waals surface area contributed by atoms with Gasteiger partial charge >= 0.3 is 0 Å². The van der Waals surface area contributed by atoms with Gasteiger partial charge in [0, 0.05) is 17.1 Å². The van der Waals surface area contributed by atoms with Gasteiger partial charge in [-0.05, 0) is 105 Å². The predicted molar refractivity (Wildman–Crippen MR) is 260 cm³/mol. The molecule has 0 heterocycles. The van der Waals surface area contributed by atoms with E-state index < -0.39 is 0 Å². The van der Waals surface area contributed by atoms with Gasteiger partial charge in [-0.2, -0.15) is 0 Å². The number of benzene rings is 9. The molecule has 0 amide bonds. The highest BCUT2D eigenvalue weighted by molar-refractivity contribution is 6.95. The molecule has 9 aromatic rings. The molecular formula is C58H44BN. The first-order valence-electron chi connectivity index (χ1n) is 21.0. The van der Waals surface area contributed by atoms with E-state index in [0.29, 0.717) is 0 Å². The number of hydrogen-bond donors (Lipinski definition) is 0. The first-order chi connectivity index (χ1) is 29.7. The van der Waals surface area contributed by atoms with Crippen molar-refractivity contribution in [2.45, 2.75) is 12.8 Å². The number of aryl methyl sites for hydroxylation is 1. The zero-order chi connectivity index (χ0) is 40.1. The van der Waals surface area contributed by atoms with Gasteiger partial charge in [0.05, 0.1) is 0 Å². The zero-order valence-electron chi connectivity index (χ0n) is 33.5. The molecule has 0 aliphatic heterocycles. The Bertz CT molecular complexity index is 2930. The Hall–Kier alpha value is -7.42. The highest BCUT2D eigenvalue weighted by Gasteiger charge is 2.22. The number of hydrogen-bond acceptors (Lipinski definition) is 1. The Labute approximate surface area is 354 Å². The van der Waals surface area contributed by atoms with Crippen LogP contribution >= 0.6 is 0 Å². The lowest BCUT2D eigenvalue weighted by atomic mass is 9.37. The lowest BCUT2D eigenvalue weighted by Gasteiger charge is -2.27. The van der Waals surface area contributed by atoms with Gasteiger partial charge in [-0.25, -0.2) is 0 Å². The third-order valence-corrected chi connectivity index (χ3v) is 11.8. The fourth-order valence-corrected chi connectivity index (χ4v) is 8.62. The van der Waals surface area contributed by atoms with Crippen molar-refractivity contribution in [3.63, 3.8) is 0 Å². The van der Waals surface area contributed by atoms with Crippen molar-refractivity contribution in [2.24, 2.45) is 0 Å². The van der Waals surface area contributed by atoms with Crippen LogP contribution in [0.1, 0.15) is 28.7 Å². The van der Waals surface area contributed by atoms with Gasteiger partial charge in [-0.3, -0.25) is 0 Å². The molecule has 10 rings (SSSR count). The van der Waals surface area contributed by atoms with E-state index in [1.54, 1.807) is 0 Å². The minimum Gasteiger partial charge on any atom is -0.310 e. The zero-order valence-corrected chi connectivity index (χ0v) is 33.5. The summed E-state index contributed by atoms with van der Waals surface area (Å²) in [5.74, 6) is 0. The largest absolute Gasteiger partial charge is 0.310 e. The molecule has 0 spiro atoms. The summed E-state index contributed by atoms with van der Waals surface area (Å²) < 4.78 is 0. The van der Waals surface area contributed by atoms with Crippen LogP contribution in [0.15, 0.2) is 224 Å². The second kappa shape index (κ2) is 16.8. The van der Waals surface area contributed by atoms with E-state index in [0.717, 1.165) is 24.2 Å². The first kappa shape index (κ1) is 36.9. The van der Waals surface area contributed by atoms with Crippen LogP contribution in [0.3, 0.4) is 0 Å². The van der Waals surface area contributed by atoms with Gasteiger partial charge in [0.25, 0.3) is 0 Å². The molecule has 0 aromatic heterocycles. The minimum atomic E-state index is 0.158. The minimum absolute atomic E-state index is 0.158. The quantitative estimate of drug-likeness (QED) is 0.0990. The summed E-state index contributed by atoms with van der Waals surface area (Å²) in [4.78, 5) is 2.35. The molecule has 0 saturated heterocycles. The van der Waals surface area contributed by atoms with E-state index in [2.05, 4.69) is 248 Å². The van der Waals surface area contributed by atoms with E-state index >= 15 is 0 Å². The number of para-hydroxylation sites is 1. The molecule has 60 heavy (non-hydrogen) atoms. The Morgan fingerprint density at radius 2 is 0.883 bits per heavy atom. The lowest BCUT2D eigenvalue weighted by Crippen LogP contribution is -2.51. The molecule has 1 aliphatic carbocycles. The lowest BCUT2D eigenvalue weighted by molar-refractivity contribution is 0.985. The van der Waals surface area contributed by atoms with Crippen LogP contribution in [0, 0.1) is 0 Å². The van der Waals surface area contributed by atoms with Gasteiger partial charge in [-0.1, -0.05) is 223 Å². The second-order valence-electron chi connectivity index (χ2n) is 15.7. The third kappa shape index (κ3) is 7.89. The number of anilines is 3. The topological polar surface area (TPSA) is 3.24 Å². The van der Waals surface area contributed by atoms with Crippen molar-refractivity contribution < 1.29 is 0 Å². The molecule has 0 radical (unpaired) electrons. The highest BCUT2D eigenvalue weighted by atomic mass is 15.1. The Kier molecular flexibility index (Phi) is 10.3. The third-order valence-electron chi connectivity index (χ3n) is 11.8. The summed E-state index contributed by atoms with van der Waals surface area (Å²) in [7, 11) is 0. The van der Waals surface area contributed by atoms with Crippen molar-refractivity contribution in [3.8, 4) is 22.3 Å². The van der Waals surface area contributed by atoms with Gasteiger partial charge in [0.15, 0.2) is 0 Å². The normalized spacial score (nSPS) is 12.1. The summed E-state index contributed by atoms with van der Waals surface area (Å²) in [6, 6.07) is 79.6. The van der Waals surface area contributed by atoms with E-state index in [1.165, 1.54) is 77.4 Å². The van der Waals surface area contributed by atoms with Crippen LogP contribution in [-0.2, 0) is 6.42 Å². The average Bonchev–Trinajstić information content (AvgIpc) is 3.32. The Balaban J connectivity index is 0.824. The second-order valence-corrected chi connectivity index (χ2v) is 15.7. The van der Waals surface area contributed by atoms with Gasteiger partial charge < -0.3 is 4.90 Å². The van der Waals surface area contributed by atoms with Crippen molar-refractivity contribution in [2.75, 3.05) is 4.90 Å². The number of nitrogens with zero attached hydrogens (tertiary/aromatic N) is 1. The Morgan fingerprint density at radius 3 is 1.53 bits per heavy atom. The van der Waals surface area contributed by atoms with Gasteiger partial charge in [0.2, 0.25) is 6.71 Å². The predicted octanol–water partition coefficient (Wildman–Crippen LogP) is 13.3. The van der Waals surface area contributed by atoms with Crippen molar-refractivity contribution in [1.82, 2.24) is 0 Å². The maximum Gasteiger partial charge on any atom is 0.241 e. The van der Waals surface area contributed by atoms with Crippen molar-refractivity contribution in [1.29, 1.82) is 0 Å². The molecule has 284 valence electrons. The van der Waals surface area contributed by atoms with Crippen LogP contribution in [0.5, 0.6) is 0 Å². The van der Waals surface area contributed by atoms with Crippen LogP contribution in [0.4, 0.5) is 17.1 Å². The van der Waals surface area contributed by atoms with Crippen LogP contribution in [-0.4, -0.2) is 6.71 Å². The average molecular weight is 766 g/mol. The number of fused-ring (bicyclic) bond motifs is 2. The standard InChI is InChI=1S/C58H44BN/c1-3-15-53(16-4-1)59(55-37-31-45-11-7-9-13-51(45)41-55)54-35-29-49(30-36-54)47-25-21-43(22-26-47)19-20-44-23-27-48(28-24-44)50-32-38-57(39-33-50)60(56-17-5-2-6-18-56)58-40-34-46-12-8-10-14-52(46)42-58/h1-7,9-11,13-42H,8,12H2. The SMILES string of the molecule is C1=Cc2cc(N(c3ccccc3)c3ccc(-c4ccc(C=Cc5ccc(-c6ccc(B(c7ccccc7)c7ccc8ccccc8c7)cc6)cc5)cc4)cc3)ccc2CC1. The van der Waals surface area contributed by atoms with Crippen molar-refractivity contribution in [3.05, 3.63) is 247 Å². The molecular weight excluding hydrogens is 721 g/mol. The van der Waals surface area contributed by atoms with Crippen LogP contribution < -0.4 is 21.3 Å². The molecule has 0 saturated carbocycles. The molecule has 1 aliphatic rings. The molecule has 0 fully saturated rings. The molecule has 0 unspecified atom stereocenters. The monoisotopic (exact) mass is 765 g/mol. The van der Waals surface area contributed by atoms with E-state index in [1.807, 2.05) is 0 Å². The van der Waals surface area contributed by atoms with Gasteiger partial charge in [0.1, 0.15) is 0 Å². The molecule has 2 heteroatoms. The van der Waals surface area contributed by atoms with E-state index in [4.69, 9.17) is 0 Å². The molecule has 1 nitrogen and oxygen atoms in total.